The van der Waals surface area contributed by atoms with Crippen LogP contribution in [0.4, 0.5) is 0 Å². The van der Waals surface area contributed by atoms with Crippen molar-refractivity contribution in [2.45, 2.75) is 59.2 Å². The fourth-order valence-corrected chi connectivity index (χ4v) is 4.33. The van der Waals surface area contributed by atoms with Gasteiger partial charge in [0.05, 0.1) is 11.7 Å². The molecule has 0 aromatic heterocycles. The highest BCUT2D eigenvalue weighted by Crippen LogP contribution is 2.68. The smallest absolute Gasteiger partial charge is 0.0763 e. The molecule has 98 valence electrons. The van der Waals surface area contributed by atoms with E-state index < -0.39 is 11.7 Å². The van der Waals surface area contributed by atoms with Crippen molar-refractivity contribution in [1.82, 2.24) is 0 Å². The molecule has 4 unspecified atom stereocenters. The van der Waals surface area contributed by atoms with Crippen molar-refractivity contribution >= 4 is 0 Å². The Kier molecular flexibility index (Phi) is 2.59. The van der Waals surface area contributed by atoms with Gasteiger partial charge in [0.25, 0.3) is 0 Å². The fraction of sp³-hybridized carbons (Fsp3) is 0.867. The summed E-state index contributed by atoms with van der Waals surface area (Å²) in [5.74, 6) is 0.181. The van der Waals surface area contributed by atoms with E-state index in [0.29, 0.717) is 0 Å². The summed E-state index contributed by atoms with van der Waals surface area (Å²) in [5.41, 5.74) is 0.106. The lowest BCUT2D eigenvalue weighted by Crippen LogP contribution is -2.75. The molecule has 0 amide bonds. The Morgan fingerprint density at radius 2 is 1.71 bits per heavy atom. The first-order chi connectivity index (χ1) is 7.56. The van der Waals surface area contributed by atoms with Crippen LogP contribution in [0, 0.1) is 22.7 Å². The summed E-state index contributed by atoms with van der Waals surface area (Å²) in [4.78, 5) is 0. The predicted molar refractivity (Wildman–Crippen MR) is 69.5 cm³/mol. The minimum Gasteiger partial charge on any atom is -0.392 e. The molecule has 0 spiro atoms. The largest absolute Gasteiger partial charge is 0.392 e. The Hall–Kier alpha value is -0.340. The van der Waals surface area contributed by atoms with Gasteiger partial charge in [-0.05, 0) is 31.1 Å². The van der Waals surface area contributed by atoms with Crippen molar-refractivity contribution in [3.63, 3.8) is 0 Å². The second-order valence-corrected chi connectivity index (χ2v) is 7.43. The van der Waals surface area contributed by atoms with E-state index in [4.69, 9.17) is 0 Å². The molecule has 4 atom stereocenters. The number of aliphatic hydroxyl groups is 2. The van der Waals surface area contributed by atoms with Crippen molar-refractivity contribution in [2.75, 3.05) is 0 Å². The van der Waals surface area contributed by atoms with E-state index in [9.17, 15) is 10.2 Å². The molecule has 2 N–H and O–H groups in total. The van der Waals surface area contributed by atoms with E-state index in [1.165, 1.54) is 0 Å². The van der Waals surface area contributed by atoms with E-state index in [1.54, 1.807) is 0 Å². The van der Waals surface area contributed by atoms with Gasteiger partial charge in [0.2, 0.25) is 0 Å². The lowest BCUT2D eigenvalue weighted by Gasteiger charge is -2.70. The van der Waals surface area contributed by atoms with Crippen LogP contribution in [-0.4, -0.2) is 21.9 Å². The Morgan fingerprint density at radius 3 is 2.18 bits per heavy atom. The Morgan fingerprint density at radius 1 is 1.18 bits per heavy atom. The quantitative estimate of drug-likeness (QED) is 0.690. The second kappa shape index (κ2) is 3.36. The van der Waals surface area contributed by atoms with Gasteiger partial charge in [0, 0.05) is 11.3 Å². The van der Waals surface area contributed by atoms with Crippen molar-refractivity contribution < 1.29 is 10.2 Å². The molecule has 2 fully saturated rings. The van der Waals surface area contributed by atoms with Gasteiger partial charge in [0.1, 0.15) is 0 Å². The highest BCUT2D eigenvalue weighted by molar-refractivity contribution is 5.27. The van der Waals surface area contributed by atoms with Crippen LogP contribution in [0.5, 0.6) is 0 Å². The predicted octanol–water partition coefficient (Wildman–Crippen LogP) is 2.75. The molecule has 2 saturated carbocycles. The molecule has 2 aliphatic rings. The third-order valence-corrected chi connectivity index (χ3v) is 5.63. The molecule has 2 nitrogen and oxygen atoms in total. The monoisotopic (exact) mass is 238 g/mol. The van der Waals surface area contributed by atoms with Crippen LogP contribution in [0.15, 0.2) is 12.2 Å². The van der Waals surface area contributed by atoms with Crippen LogP contribution >= 0.6 is 0 Å². The average Bonchev–Trinajstić information content (AvgIpc) is 2.18. The van der Waals surface area contributed by atoms with Crippen LogP contribution in [0.25, 0.3) is 0 Å². The third-order valence-electron chi connectivity index (χ3n) is 5.63. The maximum absolute atomic E-state index is 10.9. The van der Waals surface area contributed by atoms with Crippen LogP contribution in [0.1, 0.15) is 47.5 Å². The number of rotatable bonds is 1. The van der Waals surface area contributed by atoms with Gasteiger partial charge in [-0.1, -0.05) is 39.8 Å². The molecule has 0 radical (unpaired) electrons. The number of fused-ring (bicyclic) bond motifs is 1. The first-order valence-electron chi connectivity index (χ1n) is 6.61. The molecule has 2 aliphatic carbocycles. The van der Waals surface area contributed by atoms with Crippen LogP contribution < -0.4 is 0 Å². The van der Waals surface area contributed by atoms with E-state index in [1.807, 2.05) is 6.92 Å². The minimum absolute atomic E-state index is 0.0428. The summed E-state index contributed by atoms with van der Waals surface area (Å²) in [6.45, 7) is 14.5. The summed E-state index contributed by atoms with van der Waals surface area (Å²) >= 11 is 0. The topological polar surface area (TPSA) is 40.5 Å². The zero-order valence-corrected chi connectivity index (χ0v) is 11.7. The standard InChI is InChI=1S/C15H26O2/c1-9(2)10-11-12(16)13(3,4)7-8-15(11,17)14(10,5)6/h10-12,16-17H,1,7-8H2,2-6H3. The Balaban J connectivity index is 2.39. The van der Waals surface area contributed by atoms with E-state index in [0.717, 1.165) is 18.4 Å². The van der Waals surface area contributed by atoms with Gasteiger partial charge >= 0.3 is 0 Å². The van der Waals surface area contributed by atoms with Crippen molar-refractivity contribution in [1.29, 1.82) is 0 Å². The summed E-state index contributed by atoms with van der Waals surface area (Å²) in [5, 5.41) is 21.4. The molecule has 0 aromatic carbocycles. The maximum Gasteiger partial charge on any atom is 0.0763 e. The number of hydrogen-bond acceptors (Lipinski definition) is 2. The first kappa shape index (κ1) is 13.1. The minimum atomic E-state index is -0.717. The summed E-state index contributed by atoms with van der Waals surface area (Å²) < 4.78 is 0. The van der Waals surface area contributed by atoms with Crippen molar-refractivity contribution in [3.05, 3.63) is 12.2 Å². The molecule has 0 heterocycles. The molecule has 17 heavy (non-hydrogen) atoms. The van der Waals surface area contributed by atoms with E-state index in [2.05, 4.69) is 34.3 Å². The number of allylic oxidation sites excluding steroid dienone is 1. The summed E-state index contributed by atoms with van der Waals surface area (Å²) in [7, 11) is 0. The number of aliphatic hydroxyl groups excluding tert-OH is 1. The van der Waals surface area contributed by atoms with Gasteiger partial charge in [-0.2, -0.15) is 0 Å². The molecular weight excluding hydrogens is 212 g/mol. The van der Waals surface area contributed by atoms with Gasteiger partial charge in [0.15, 0.2) is 0 Å². The van der Waals surface area contributed by atoms with Crippen LogP contribution in [0.2, 0.25) is 0 Å². The van der Waals surface area contributed by atoms with Gasteiger partial charge in [-0.3, -0.25) is 0 Å². The SMILES string of the molecule is C=C(C)C1C2C(O)C(C)(C)CCC2(O)C1(C)C. The highest BCUT2D eigenvalue weighted by Gasteiger charge is 2.71. The zero-order chi connectivity index (χ0) is 13.2. The summed E-state index contributed by atoms with van der Waals surface area (Å²) in [6.07, 6.45) is 1.24. The highest BCUT2D eigenvalue weighted by atomic mass is 16.3. The average molecular weight is 238 g/mol. The van der Waals surface area contributed by atoms with E-state index >= 15 is 0 Å². The molecule has 0 bridgehead atoms. The zero-order valence-electron chi connectivity index (χ0n) is 11.7. The fourth-order valence-electron chi connectivity index (χ4n) is 4.33. The van der Waals surface area contributed by atoms with Gasteiger partial charge in [-0.25, -0.2) is 0 Å². The Bertz CT molecular complexity index is 356. The van der Waals surface area contributed by atoms with Crippen molar-refractivity contribution in [3.8, 4) is 0 Å². The lowest BCUT2D eigenvalue weighted by atomic mass is 9.37. The van der Waals surface area contributed by atoms with Crippen LogP contribution in [-0.2, 0) is 0 Å². The van der Waals surface area contributed by atoms with Crippen LogP contribution in [0.3, 0.4) is 0 Å². The van der Waals surface area contributed by atoms with Gasteiger partial charge in [-0.15, -0.1) is 0 Å². The maximum atomic E-state index is 10.9. The molecule has 0 aromatic rings. The molecule has 0 saturated heterocycles. The summed E-state index contributed by atoms with van der Waals surface area (Å²) in [6, 6.07) is 0. The van der Waals surface area contributed by atoms with E-state index in [-0.39, 0.29) is 22.7 Å². The normalized spacial score (nSPS) is 46.9. The number of hydrogen-bond donors (Lipinski definition) is 2. The molecule has 0 aliphatic heterocycles. The third kappa shape index (κ3) is 1.40. The lowest BCUT2D eigenvalue weighted by molar-refractivity contribution is -0.302. The van der Waals surface area contributed by atoms with Gasteiger partial charge < -0.3 is 10.2 Å². The van der Waals surface area contributed by atoms with Crippen molar-refractivity contribution in [2.24, 2.45) is 22.7 Å². The molecular formula is C15H26O2. The molecule has 2 heteroatoms. The second-order valence-electron chi connectivity index (χ2n) is 7.43. The Labute approximate surface area is 105 Å². The molecule has 2 rings (SSSR count). The first-order valence-corrected chi connectivity index (χ1v) is 6.61.